The number of nitrogens with zero attached hydrogens (tertiary/aromatic N) is 1. The Morgan fingerprint density at radius 3 is 1.88 bits per heavy atom. The maximum Gasteiger partial charge on any atom is 0.266 e. The van der Waals surface area contributed by atoms with E-state index in [2.05, 4.69) is 114 Å². The minimum atomic E-state index is 0.0240. The highest BCUT2D eigenvalue weighted by Crippen LogP contribution is 2.47. The predicted molar refractivity (Wildman–Crippen MR) is 165 cm³/mol. The van der Waals surface area contributed by atoms with Gasteiger partial charge in [-0.15, -0.1) is 0 Å². The molecule has 1 aromatic heterocycles. The first-order valence-electron chi connectivity index (χ1n) is 13.9. The molecular weight excluding hydrogens is 505 g/mol. The van der Waals surface area contributed by atoms with Gasteiger partial charge in [-0.3, -0.25) is 0 Å². The Balaban J connectivity index is 1.23. The predicted octanol–water partition coefficient (Wildman–Crippen LogP) is 7.76. The summed E-state index contributed by atoms with van der Waals surface area (Å²) in [5, 5.41) is 2.22. The molecule has 41 heavy (non-hydrogen) atoms. The van der Waals surface area contributed by atoms with Gasteiger partial charge < -0.3 is 18.8 Å². The van der Waals surface area contributed by atoms with Gasteiger partial charge in [0.15, 0.2) is 0 Å². The lowest BCUT2D eigenvalue weighted by Gasteiger charge is -2.42. The van der Waals surface area contributed by atoms with Gasteiger partial charge in [-0.2, -0.15) is 0 Å². The summed E-state index contributed by atoms with van der Waals surface area (Å²) in [7, 11) is 0. The smallest absolute Gasteiger partial charge is 0.266 e. The Morgan fingerprint density at radius 2 is 1.15 bits per heavy atom. The van der Waals surface area contributed by atoms with Crippen LogP contribution in [0.15, 0.2) is 126 Å². The number of furan rings is 1. The Morgan fingerprint density at radius 1 is 0.512 bits per heavy atom. The summed E-state index contributed by atoms with van der Waals surface area (Å²) in [4.78, 5) is 2.33. The van der Waals surface area contributed by atoms with Gasteiger partial charge in [0.25, 0.3) is 6.71 Å². The van der Waals surface area contributed by atoms with Crippen LogP contribution in [-0.2, 0) is 0 Å². The molecule has 0 saturated heterocycles. The largest absolute Gasteiger partial charge is 0.458 e. The van der Waals surface area contributed by atoms with E-state index in [-0.39, 0.29) is 6.71 Å². The van der Waals surface area contributed by atoms with Crippen LogP contribution in [0.4, 0.5) is 17.1 Å². The number of fused-ring (bicyclic) bond motifs is 3. The second kappa shape index (κ2) is 7.61. The first-order valence-corrected chi connectivity index (χ1v) is 13.9. The maximum atomic E-state index is 6.73. The molecule has 0 saturated carbocycles. The van der Waals surface area contributed by atoms with Gasteiger partial charge in [0.2, 0.25) is 0 Å². The van der Waals surface area contributed by atoms with Crippen molar-refractivity contribution in [1.29, 1.82) is 0 Å². The number of hydrogen-bond acceptors (Lipinski definition) is 4. The maximum absolute atomic E-state index is 6.73. The molecule has 190 valence electrons. The van der Waals surface area contributed by atoms with Crippen LogP contribution in [0.25, 0.3) is 33.1 Å². The summed E-state index contributed by atoms with van der Waals surface area (Å²) in [6.07, 6.45) is 0. The minimum Gasteiger partial charge on any atom is -0.458 e. The summed E-state index contributed by atoms with van der Waals surface area (Å²) >= 11 is 0. The molecule has 0 unspecified atom stereocenters. The fourth-order valence-electron chi connectivity index (χ4n) is 7.05. The first kappa shape index (κ1) is 21.4. The van der Waals surface area contributed by atoms with Crippen molar-refractivity contribution in [1.82, 2.24) is 0 Å². The monoisotopic (exact) mass is 525 g/mol. The van der Waals surface area contributed by atoms with Crippen molar-refractivity contribution in [3.05, 3.63) is 121 Å². The highest BCUT2D eigenvalue weighted by Gasteiger charge is 2.47. The molecule has 4 nitrogen and oxygen atoms in total. The van der Waals surface area contributed by atoms with Gasteiger partial charge in [0.1, 0.15) is 34.2 Å². The number of ether oxygens (including phenoxy) is 2. The number of rotatable bonds is 2. The molecule has 5 heteroatoms. The molecule has 0 spiro atoms. The molecule has 0 radical (unpaired) electrons. The molecule has 4 heterocycles. The van der Waals surface area contributed by atoms with Gasteiger partial charge in [-0.1, -0.05) is 66.7 Å². The van der Waals surface area contributed by atoms with Crippen LogP contribution in [0.5, 0.6) is 23.0 Å². The van der Waals surface area contributed by atoms with E-state index in [1.165, 1.54) is 10.9 Å². The van der Waals surface area contributed by atoms with E-state index in [4.69, 9.17) is 13.9 Å². The van der Waals surface area contributed by atoms with E-state index in [0.717, 1.165) is 78.6 Å². The summed E-state index contributed by atoms with van der Waals surface area (Å²) in [6.45, 7) is 0.0240. The highest BCUT2D eigenvalue weighted by atomic mass is 16.5. The molecule has 0 atom stereocenters. The van der Waals surface area contributed by atoms with Crippen molar-refractivity contribution in [3.63, 3.8) is 0 Å². The van der Waals surface area contributed by atoms with Crippen LogP contribution in [0, 0.1) is 0 Å². The van der Waals surface area contributed by atoms with Gasteiger partial charge in [0, 0.05) is 38.9 Å². The molecule has 0 N–H and O–H groups in total. The van der Waals surface area contributed by atoms with E-state index < -0.39 is 0 Å². The first-order chi connectivity index (χ1) is 20.3. The van der Waals surface area contributed by atoms with Crippen molar-refractivity contribution in [2.24, 2.45) is 0 Å². The van der Waals surface area contributed by atoms with Crippen molar-refractivity contribution >= 4 is 62.1 Å². The molecule has 7 aromatic rings. The van der Waals surface area contributed by atoms with E-state index in [1.54, 1.807) is 0 Å². The van der Waals surface area contributed by atoms with Crippen LogP contribution in [0.1, 0.15) is 0 Å². The number of benzene rings is 6. The third-order valence-corrected chi connectivity index (χ3v) is 8.71. The Labute approximate surface area is 236 Å². The zero-order valence-electron chi connectivity index (χ0n) is 21.8. The van der Waals surface area contributed by atoms with Gasteiger partial charge in [0.05, 0.1) is 0 Å². The van der Waals surface area contributed by atoms with Crippen LogP contribution < -0.4 is 30.8 Å². The Kier molecular flexibility index (Phi) is 3.98. The third kappa shape index (κ3) is 2.75. The van der Waals surface area contributed by atoms with Gasteiger partial charge in [-0.05, 0) is 71.1 Å². The summed E-state index contributed by atoms with van der Waals surface area (Å²) < 4.78 is 19.9. The molecule has 3 aliphatic rings. The normalized spacial score (nSPS) is 13.7. The molecule has 10 rings (SSSR count). The van der Waals surface area contributed by atoms with Crippen molar-refractivity contribution < 1.29 is 13.9 Å². The zero-order chi connectivity index (χ0) is 26.7. The number of anilines is 3. The fraction of sp³-hybridized carbons (Fsp3) is 0. The second-order valence-corrected chi connectivity index (χ2v) is 10.9. The van der Waals surface area contributed by atoms with Crippen molar-refractivity contribution in [3.8, 4) is 34.1 Å². The fourth-order valence-corrected chi connectivity index (χ4v) is 7.05. The Hall–Kier alpha value is -5.42. The SMILES string of the molecule is c1ccc(N2c3cccc4c3B3c5c(cc(-c6cccc7c6oc6ccccc67)cc5Oc5cccc2c53)O4)cc1. The summed E-state index contributed by atoms with van der Waals surface area (Å²) in [6, 6.07) is 42.1. The lowest BCUT2D eigenvalue weighted by Crippen LogP contribution is -2.61. The molecular formula is C36H20BNO3. The van der Waals surface area contributed by atoms with E-state index in [1.807, 2.05) is 12.1 Å². The molecule has 3 aliphatic heterocycles. The standard InChI is InChI=1S/C36H20BNO3/c1-2-9-22(10-3-1)38-26-14-7-17-29-33(26)37-34-27(38)15-8-18-30(34)40-32-20-21(19-31(39-29)35(32)37)23-12-6-13-25-24-11-4-5-16-28(24)41-36(23)25/h1-20H. The summed E-state index contributed by atoms with van der Waals surface area (Å²) in [5.74, 6) is 3.42. The zero-order valence-corrected chi connectivity index (χ0v) is 21.8. The minimum absolute atomic E-state index is 0.0240. The number of para-hydroxylation sites is 3. The van der Waals surface area contributed by atoms with Crippen LogP contribution in [-0.4, -0.2) is 6.71 Å². The quantitative estimate of drug-likeness (QED) is 0.216. The van der Waals surface area contributed by atoms with E-state index >= 15 is 0 Å². The average Bonchev–Trinajstić information content (AvgIpc) is 3.40. The van der Waals surface area contributed by atoms with Crippen molar-refractivity contribution in [2.75, 3.05) is 4.90 Å². The molecule has 0 aliphatic carbocycles. The highest BCUT2D eigenvalue weighted by molar-refractivity contribution is 7.00. The van der Waals surface area contributed by atoms with E-state index in [9.17, 15) is 0 Å². The van der Waals surface area contributed by atoms with Crippen molar-refractivity contribution in [2.45, 2.75) is 0 Å². The molecule has 6 aromatic carbocycles. The Bertz CT molecular complexity index is 2160. The molecule has 0 bridgehead atoms. The van der Waals surface area contributed by atoms with Crippen LogP contribution in [0.2, 0.25) is 0 Å². The molecule has 0 amide bonds. The number of hydrogen-bond donors (Lipinski definition) is 0. The van der Waals surface area contributed by atoms with Crippen LogP contribution in [0.3, 0.4) is 0 Å². The third-order valence-electron chi connectivity index (χ3n) is 8.71. The molecule has 0 fully saturated rings. The van der Waals surface area contributed by atoms with Gasteiger partial charge >= 0.3 is 0 Å². The second-order valence-electron chi connectivity index (χ2n) is 10.9. The van der Waals surface area contributed by atoms with Gasteiger partial charge in [-0.25, -0.2) is 0 Å². The van der Waals surface area contributed by atoms with Crippen LogP contribution >= 0.6 is 0 Å². The van der Waals surface area contributed by atoms with E-state index in [0.29, 0.717) is 0 Å². The lowest BCUT2D eigenvalue weighted by atomic mass is 9.33. The lowest BCUT2D eigenvalue weighted by molar-refractivity contribution is 0.464. The topological polar surface area (TPSA) is 34.8 Å². The average molecular weight is 525 g/mol. The summed E-state index contributed by atoms with van der Waals surface area (Å²) in [5.41, 5.74) is 10.6.